The highest BCUT2D eigenvalue weighted by atomic mass is 15.2. The van der Waals surface area contributed by atoms with Crippen molar-refractivity contribution in [2.45, 2.75) is 0 Å². The van der Waals surface area contributed by atoms with Crippen molar-refractivity contribution in [2.75, 3.05) is 0 Å². The Morgan fingerprint density at radius 1 is 0.347 bits per heavy atom. The average molecular weight is 630 g/mol. The third kappa shape index (κ3) is 4.29. The first-order chi connectivity index (χ1) is 24.3. The van der Waals surface area contributed by atoms with Crippen LogP contribution in [0.5, 0.6) is 0 Å². The van der Waals surface area contributed by atoms with Gasteiger partial charge in [-0.15, -0.1) is 0 Å². The van der Waals surface area contributed by atoms with Gasteiger partial charge in [0.15, 0.2) is 23.1 Å². The number of imidazole rings is 2. The predicted molar refractivity (Wildman–Crippen MR) is 196 cm³/mol. The summed E-state index contributed by atoms with van der Waals surface area (Å²) in [7, 11) is 0. The first-order valence-electron chi connectivity index (χ1n) is 16.3. The highest BCUT2D eigenvalue weighted by Gasteiger charge is 2.23. The molecule has 0 aliphatic rings. The van der Waals surface area contributed by atoms with E-state index in [0.29, 0.717) is 17.5 Å². The molecule has 4 aromatic heterocycles. The summed E-state index contributed by atoms with van der Waals surface area (Å²) in [6.45, 7) is 0. The Balaban J connectivity index is 1.16. The molecule has 0 N–H and O–H groups in total. The monoisotopic (exact) mass is 629 g/mol. The molecule has 0 aliphatic heterocycles. The quantitative estimate of drug-likeness (QED) is 0.190. The fourth-order valence-electron chi connectivity index (χ4n) is 6.90. The van der Waals surface area contributed by atoms with E-state index in [4.69, 9.17) is 19.9 Å². The summed E-state index contributed by atoms with van der Waals surface area (Å²) in [5.74, 6) is 2.78. The molecular formula is C42H27N7. The summed E-state index contributed by atoms with van der Waals surface area (Å²) in [5, 5.41) is 1.14. The lowest BCUT2D eigenvalue weighted by molar-refractivity contribution is 1.07. The average Bonchev–Trinajstić information content (AvgIpc) is 3.81. The van der Waals surface area contributed by atoms with Crippen molar-refractivity contribution in [1.29, 1.82) is 0 Å². The maximum atomic E-state index is 5.37. The summed E-state index contributed by atoms with van der Waals surface area (Å²) < 4.78 is 6.79. The lowest BCUT2D eigenvalue weighted by atomic mass is 10.1. The van der Waals surface area contributed by atoms with Crippen molar-refractivity contribution in [1.82, 2.24) is 33.5 Å². The van der Waals surface area contributed by atoms with Crippen molar-refractivity contribution in [3.05, 3.63) is 164 Å². The van der Waals surface area contributed by atoms with Gasteiger partial charge in [-0.05, 0) is 54.6 Å². The zero-order chi connectivity index (χ0) is 32.3. The van der Waals surface area contributed by atoms with Crippen molar-refractivity contribution >= 4 is 38.9 Å². The van der Waals surface area contributed by atoms with E-state index >= 15 is 0 Å². The van der Waals surface area contributed by atoms with E-state index in [1.165, 1.54) is 0 Å². The molecule has 0 amide bonds. The standard InChI is InChI=1S/C42H27N7/c1-4-14-28(15-5-1)38-43-39(29-16-6-2-7-17-29)45-40(44-38)30-24-26-32(27-25-30)47-34-21-11-10-20-33(34)37-41(47)46-42-48(31-18-8-3-9-19-31)35-22-12-13-23-36(35)49(37)42/h1-27H. The van der Waals surface area contributed by atoms with E-state index in [1.54, 1.807) is 0 Å². The smallest absolute Gasteiger partial charge is 0.222 e. The maximum absolute atomic E-state index is 5.37. The Bertz CT molecular complexity index is 2740. The molecule has 0 spiro atoms. The van der Waals surface area contributed by atoms with Gasteiger partial charge in [0, 0.05) is 33.5 Å². The third-order valence-corrected chi connectivity index (χ3v) is 9.11. The molecule has 0 unspecified atom stereocenters. The van der Waals surface area contributed by atoms with Crippen LogP contribution in [0.2, 0.25) is 0 Å². The zero-order valence-corrected chi connectivity index (χ0v) is 26.2. The van der Waals surface area contributed by atoms with E-state index in [0.717, 1.165) is 66.9 Å². The van der Waals surface area contributed by atoms with Crippen LogP contribution in [0.25, 0.3) is 84.4 Å². The maximum Gasteiger partial charge on any atom is 0.222 e. The highest BCUT2D eigenvalue weighted by Crippen LogP contribution is 2.37. The second-order valence-electron chi connectivity index (χ2n) is 12.0. The Labute approximate surface area is 281 Å². The van der Waals surface area contributed by atoms with Crippen molar-refractivity contribution < 1.29 is 0 Å². The van der Waals surface area contributed by atoms with Gasteiger partial charge < -0.3 is 0 Å². The molecule has 10 rings (SSSR count). The number of rotatable bonds is 5. The first kappa shape index (κ1) is 27.3. The van der Waals surface area contributed by atoms with Gasteiger partial charge in [0.05, 0.1) is 16.6 Å². The number of para-hydroxylation sites is 4. The fraction of sp³-hybridized carbons (Fsp3) is 0. The van der Waals surface area contributed by atoms with Crippen LogP contribution in [0, 0.1) is 0 Å². The van der Waals surface area contributed by atoms with E-state index in [-0.39, 0.29) is 0 Å². The topological polar surface area (TPSA) is 65.8 Å². The second kappa shape index (κ2) is 10.9. The third-order valence-electron chi connectivity index (χ3n) is 9.11. The molecule has 4 heterocycles. The van der Waals surface area contributed by atoms with Gasteiger partial charge in [0.2, 0.25) is 5.78 Å². The van der Waals surface area contributed by atoms with Gasteiger partial charge in [-0.3, -0.25) is 13.5 Å². The normalized spacial score (nSPS) is 11.7. The van der Waals surface area contributed by atoms with Crippen molar-refractivity contribution in [3.63, 3.8) is 0 Å². The summed E-state index contributed by atoms with van der Waals surface area (Å²) >= 11 is 0. The first-order valence-corrected chi connectivity index (χ1v) is 16.3. The minimum Gasteiger partial charge on any atom is -0.292 e. The molecular weight excluding hydrogens is 603 g/mol. The lowest BCUT2D eigenvalue weighted by Crippen LogP contribution is -2.00. The molecule has 10 aromatic rings. The molecule has 230 valence electrons. The van der Waals surface area contributed by atoms with Gasteiger partial charge in [-0.1, -0.05) is 109 Å². The van der Waals surface area contributed by atoms with Crippen LogP contribution < -0.4 is 0 Å². The second-order valence-corrected chi connectivity index (χ2v) is 12.0. The van der Waals surface area contributed by atoms with Crippen LogP contribution >= 0.6 is 0 Å². The molecule has 7 heteroatoms. The van der Waals surface area contributed by atoms with Gasteiger partial charge in [-0.2, -0.15) is 4.98 Å². The molecule has 0 aliphatic carbocycles. The number of nitrogens with zero attached hydrogens (tertiary/aromatic N) is 7. The number of aromatic nitrogens is 7. The van der Waals surface area contributed by atoms with Crippen molar-refractivity contribution in [3.8, 4) is 45.5 Å². The highest BCUT2D eigenvalue weighted by molar-refractivity contribution is 6.09. The molecule has 0 saturated carbocycles. The minimum atomic E-state index is 0.623. The number of benzene rings is 6. The van der Waals surface area contributed by atoms with E-state index in [9.17, 15) is 0 Å². The Morgan fingerprint density at radius 3 is 1.43 bits per heavy atom. The number of fused-ring (bicyclic) bond motifs is 7. The Morgan fingerprint density at radius 2 is 0.816 bits per heavy atom. The largest absolute Gasteiger partial charge is 0.292 e. The van der Waals surface area contributed by atoms with Crippen LogP contribution in [0.1, 0.15) is 0 Å². The van der Waals surface area contributed by atoms with E-state index < -0.39 is 0 Å². The Hall–Kier alpha value is -6.86. The van der Waals surface area contributed by atoms with Gasteiger partial charge in [0.1, 0.15) is 5.52 Å². The molecule has 0 fully saturated rings. The predicted octanol–water partition coefficient (Wildman–Crippen LogP) is 9.56. The van der Waals surface area contributed by atoms with Crippen molar-refractivity contribution in [2.24, 2.45) is 0 Å². The molecule has 0 saturated heterocycles. The lowest BCUT2D eigenvalue weighted by Gasteiger charge is -2.10. The van der Waals surface area contributed by atoms with Gasteiger partial charge in [0.25, 0.3) is 0 Å². The SMILES string of the molecule is c1ccc(-c2nc(-c3ccccc3)nc(-c3ccc(-n4c5ccccc5c5c4nc4n(-c6ccccc6)c6ccccc6n54)cc3)n2)cc1. The number of hydrogen-bond donors (Lipinski definition) is 0. The fourth-order valence-corrected chi connectivity index (χ4v) is 6.90. The summed E-state index contributed by atoms with van der Waals surface area (Å²) in [6.07, 6.45) is 0. The number of hydrogen-bond acceptors (Lipinski definition) is 4. The van der Waals surface area contributed by atoms with Crippen LogP contribution in [-0.2, 0) is 0 Å². The Kier molecular flexibility index (Phi) is 6.04. The van der Waals surface area contributed by atoms with E-state index in [2.05, 4.69) is 111 Å². The van der Waals surface area contributed by atoms with E-state index in [1.807, 2.05) is 66.7 Å². The molecule has 0 radical (unpaired) electrons. The molecule has 7 nitrogen and oxygen atoms in total. The summed E-state index contributed by atoms with van der Waals surface area (Å²) in [6, 6.07) is 56.0. The van der Waals surface area contributed by atoms with Crippen LogP contribution in [0.4, 0.5) is 0 Å². The molecule has 0 atom stereocenters. The van der Waals surface area contributed by atoms with Gasteiger partial charge >= 0.3 is 0 Å². The van der Waals surface area contributed by atoms with Crippen LogP contribution in [0.3, 0.4) is 0 Å². The molecule has 49 heavy (non-hydrogen) atoms. The van der Waals surface area contributed by atoms with Crippen LogP contribution in [-0.4, -0.2) is 33.5 Å². The van der Waals surface area contributed by atoms with Gasteiger partial charge in [-0.25, -0.2) is 15.0 Å². The van der Waals surface area contributed by atoms with Crippen LogP contribution in [0.15, 0.2) is 164 Å². The summed E-state index contributed by atoms with van der Waals surface area (Å²) in [5.41, 5.74) is 10.2. The minimum absolute atomic E-state index is 0.623. The molecule has 0 bridgehead atoms. The summed E-state index contributed by atoms with van der Waals surface area (Å²) in [4.78, 5) is 20.1. The zero-order valence-electron chi connectivity index (χ0n) is 26.2. The molecule has 6 aromatic carbocycles.